The minimum atomic E-state index is -3.76. The van der Waals surface area contributed by atoms with Crippen molar-refractivity contribution in [2.75, 3.05) is 4.72 Å². The Hall–Kier alpha value is -1.91. The van der Waals surface area contributed by atoms with Gasteiger partial charge in [0.1, 0.15) is 5.82 Å². The van der Waals surface area contributed by atoms with Gasteiger partial charge in [0.2, 0.25) is 0 Å². The third-order valence-corrected chi connectivity index (χ3v) is 4.32. The molecule has 102 valence electrons. The molecule has 0 fully saturated rings. The first kappa shape index (κ1) is 14.5. The van der Waals surface area contributed by atoms with Gasteiger partial charge in [0.05, 0.1) is 16.5 Å². The van der Waals surface area contributed by atoms with Crippen LogP contribution in [0.15, 0.2) is 45.9 Å². The number of pyridine rings is 1. The van der Waals surface area contributed by atoms with E-state index in [1.54, 1.807) is 19.1 Å². The normalized spacial score (nSPS) is 10.8. The minimum absolute atomic E-state index is 0.0284. The zero-order chi connectivity index (χ0) is 14.8. The van der Waals surface area contributed by atoms with Crippen molar-refractivity contribution in [2.45, 2.75) is 11.8 Å². The minimum Gasteiger partial charge on any atom is -0.263 e. The van der Waals surface area contributed by atoms with E-state index in [2.05, 4.69) is 25.6 Å². The molecule has 7 heteroatoms. The van der Waals surface area contributed by atoms with Crippen LogP contribution < -0.4 is 4.72 Å². The highest BCUT2D eigenvalue weighted by molar-refractivity contribution is 9.10. The molecule has 0 saturated carbocycles. The maximum absolute atomic E-state index is 12.2. The summed E-state index contributed by atoms with van der Waals surface area (Å²) in [4.78, 5) is 4.06. The molecule has 0 aliphatic carbocycles. The van der Waals surface area contributed by atoms with Crippen molar-refractivity contribution in [1.29, 1.82) is 5.26 Å². The van der Waals surface area contributed by atoms with E-state index in [1.807, 2.05) is 6.07 Å². The van der Waals surface area contributed by atoms with E-state index in [9.17, 15) is 8.42 Å². The quantitative estimate of drug-likeness (QED) is 0.921. The van der Waals surface area contributed by atoms with Gasteiger partial charge in [-0.05, 0) is 52.7 Å². The van der Waals surface area contributed by atoms with Crippen molar-refractivity contribution in [3.05, 3.63) is 52.1 Å². The fourth-order valence-corrected chi connectivity index (χ4v) is 3.14. The van der Waals surface area contributed by atoms with Gasteiger partial charge in [-0.3, -0.25) is 4.72 Å². The first-order chi connectivity index (χ1) is 9.42. The van der Waals surface area contributed by atoms with Crippen LogP contribution in [0.25, 0.3) is 0 Å². The zero-order valence-corrected chi connectivity index (χ0v) is 12.9. The third kappa shape index (κ3) is 3.15. The van der Waals surface area contributed by atoms with Gasteiger partial charge < -0.3 is 0 Å². The van der Waals surface area contributed by atoms with Crippen LogP contribution in [-0.2, 0) is 10.0 Å². The highest BCUT2D eigenvalue weighted by Gasteiger charge is 2.16. The second-order valence-electron chi connectivity index (χ2n) is 4.06. The fraction of sp³-hybridized carbons (Fsp3) is 0.0769. The van der Waals surface area contributed by atoms with Gasteiger partial charge >= 0.3 is 0 Å². The first-order valence-corrected chi connectivity index (χ1v) is 7.85. The predicted octanol–water partition coefficient (Wildman–Crippen LogP) is 2.83. The van der Waals surface area contributed by atoms with Gasteiger partial charge in [0.15, 0.2) is 0 Å². The number of nitrogens with one attached hydrogen (secondary N) is 1. The van der Waals surface area contributed by atoms with Crippen LogP contribution in [0.2, 0.25) is 0 Å². The molecule has 1 N–H and O–H groups in total. The lowest BCUT2D eigenvalue weighted by Crippen LogP contribution is -2.15. The van der Waals surface area contributed by atoms with E-state index >= 15 is 0 Å². The van der Waals surface area contributed by atoms with Crippen LogP contribution in [-0.4, -0.2) is 13.4 Å². The Morgan fingerprint density at radius 3 is 2.75 bits per heavy atom. The summed E-state index contributed by atoms with van der Waals surface area (Å²) in [6.45, 7) is 1.75. The van der Waals surface area contributed by atoms with Crippen molar-refractivity contribution < 1.29 is 8.42 Å². The number of benzene rings is 1. The number of halogens is 1. The number of anilines is 1. The molecule has 2 aromatic rings. The Bertz CT molecular complexity index is 798. The number of aryl methyl sites for hydroxylation is 1. The van der Waals surface area contributed by atoms with Gasteiger partial charge in [-0.25, -0.2) is 13.4 Å². The van der Waals surface area contributed by atoms with Crippen molar-refractivity contribution in [3.63, 3.8) is 0 Å². The van der Waals surface area contributed by atoms with Crippen LogP contribution in [0, 0.1) is 18.3 Å². The summed E-state index contributed by atoms with van der Waals surface area (Å²) in [5, 5.41) is 8.81. The van der Waals surface area contributed by atoms with Gasteiger partial charge in [0, 0.05) is 10.7 Å². The molecule has 0 spiro atoms. The molecule has 1 aromatic carbocycles. The molecular formula is C13H10BrN3O2S. The van der Waals surface area contributed by atoms with E-state index < -0.39 is 10.0 Å². The molecule has 1 heterocycles. The van der Waals surface area contributed by atoms with Crippen molar-refractivity contribution in [3.8, 4) is 6.07 Å². The SMILES string of the molecule is Cc1cc(Br)cnc1NS(=O)(=O)c1cccc(C#N)c1. The maximum atomic E-state index is 12.2. The summed E-state index contributed by atoms with van der Waals surface area (Å²) in [5.41, 5.74) is 0.979. The summed E-state index contributed by atoms with van der Waals surface area (Å²) < 4.78 is 27.6. The second-order valence-corrected chi connectivity index (χ2v) is 6.66. The Morgan fingerprint density at radius 2 is 2.10 bits per heavy atom. The van der Waals surface area contributed by atoms with Crippen molar-refractivity contribution in [1.82, 2.24) is 4.98 Å². The number of hydrogen-bond acceptors (Lipinski definition) is 4. The molecule has 1 aromatic heterocycles. The highest BCUT2D eigenvalue weighted by atomic mass is 79.9. The van der Waals surface area contributed by atoms with Crippen molar-refractivity contribution >= 4 is 31.8 Å². The molecule has 0 saturated heterocycles. The number of hydrogen-bond donors (Lipinski definition) is 1. The monoisotopic (exact) mass is 351 g/mol. The molecule has 2 rings (SSSR count). The summed E-state index contributed by atoms with van der Waals surface area (Å²) >= 11 is 3.26. The third-order valence-electron chi connectivity index (χ3n) is 2.55. The fourth-order valence-electron chi connectivity index (χ4n) is 1.57. The van der Waals surface area contributed by atoms with Crippen LogP contribution in [0.3, 0.4) is 0 Å². The van der Waals surface area contributed by atoms with Crippen molar-refractivity contribution in [2.24, 2.45) is 0 Å². The van der Waals surface area contributed by atoms with Gasteiger partial charge in [-0.2, -0.15) is 5.26 Å². The van der Waals surface area contributed by atoms with Gasteiger partial charge in [-0.1, -0.05) is 6.07 Å². The summed E-state index contributed by atoms with van der Waals surface area (Å²) in [5.74, 6) is 0.260. The van der Waals surface area contributed by atoms with E-state index in [4.69, 9.17) is 5.26 Å². The Labute approximate surface area is 125 Å². The Morgan fingerprint density at radius 1 is 1.35 bits per heavy atom. The largest absolute Gasteiger partial charge is 0.263 e. The summed E-state index contributed by atoms with van der Waals surface area (Å²) in [6.07, 6.45) is 1.51. The van der Waals surface area contributed by atoms with E-state index in [1.165, 1.54) is 24.4 Å². The Balaban J connectivity index is 2.38. The van der Waals surface area contributed by atoms with Gasteiger partial charge in [0.25, 0.3) is 10.0 Å². The standard InChI is InChI=1S/C13H10BrN3O2S/c1-9-5-11(14)8-16-13(9)17-20(18,19)12-4-2-3-10(6-12)7-15/h2-6,8H,1H3,(H,16,17). The molecule has 0 amide bonds. The lowest BCUT2D eigenvalue weighted by Gasteiger charge is -2.09. The first-order valence-electron chi connectivity index (χ1n) is 5.57. The molecule has 0 aliphatic heterocycles. The maximum Gasteiger partial charge on any atom is 0.263 e. The molecule has 0 atom stereocenters. The molecule has 0 radical (unpaired) electrons. The lowest BCUT2D eigenvalue weighted by molar-refractivity contribution is 0.601. The predicted molar refractivity (Wildman–Crippen MR) is 78.6 cm³/mol. The number of rotatable bonds is 3. The van der Waals surface area contributed by atoms with Crippen LogP contribution in [0.1, 0.15) is 11.1 Å². The average Bonchev–Trinajstić information content (AvgIpc) is 2.42. The lowest BCUT2D eigenvalue weighted by atomic mass is 10.2. The molecule has 5 nitrogen and oxygen atoms in total. The summed E-state index contributed by atoms with van der Waals surface area (Å²) in [7, 11) is -3.76. The molecule has 0 bridgehead atoms. The zero-order valence-electron chi connectivity index (χ0n) is 10.5. The second kappa shape index (κ2) is 5.61. The average molecular weight is 352 g/mol. The van der Waals surface area contributed by atoms with Crippen LogP contribution >= 0.6 is 15.9 Å². The van der Waals surface area contributed by atoms with Crippen LogP contribution in [0.4, 0.5) is 5.82 Å². The summed E-state index contributed by atoms with van der Waals surface area (Å²) in [6, 6.07) is 9.48. The number of sulfonamides is 1. The smallest absolute Gasteiger partial charge is 0.263 e. The van der Waals surface area contributed by atoms with E-state index in [0.717, 1.165) is 4.47 Å². The van der Waals surface area contributed by atoms with E-state index in [-0.39, 0.29) is 16.3 Å². The topological polar surface area (TPSA) is 82.8 Å². The van der Waals surface area contributed by atoms with Gasteiger partial charge in [-0.15, -0.1) is 0 Å². The number of aromatic nitrogens is 1. The molecule has 0 unspecified atom stereocenters. The molecule has 20 heavy (non-hydrogen) atoms. The highest BCUT2D eigenvalue weighted by Crippen LogP contribution is 2.20. The Kier molecular flexibility index (Phi) is 4.06. The number of nitriles is 1. The van der Waals surface area contributed by atoms with E-state index in [0.29, 0.717) is 5.56 Å². The van der Waals surface area contributed by atoms with Crippen LogP contribution in [0.5, 0.6) is 0 Å². The molecular weight excluding hydrogens is 342 g/mol. The number of nitrogens with zero attached hydrogens (tertiary/aromatic N) is 2. The molecule has 0 aliphatic rings.